The van der Waals surface area contributed by atoms with E-state index >= 15 is 4.39 Å². The Labute approximate surface area is 196 Å². The third-order valence-corrected chi connectivity index (χ3v) is 5.71. The molecule has 8 nitrogen and oxygen atoms in total. The van der Waals surface area contributed by atoms with Gasteiger partial charge in [0.25, 0.3) is 5.17 Å². The van der Waals surface area contributed by atoms with E-state index in [1.54, 1.807) is 21.9 Å². The second-order valence-corrected chi connectivity index (χ2v) is 8.14. The lowest BCUT2D eigenvalue weighted by atomic mass is 10.2. The van der Waals surface area contributed by atoms with Crippen LogP contribution < -0.4 is 15.1 Å². The Morgan fingerprint density at radius 2 is 2.03 bits per heavy atom. The van der Waals surface area contributed by atoms with E-state index in [0.29, 0.717) is 37.7 Å². The highest BCUT2D eigenvalue weighted by molar-refractivity contribution is 7.80. The van der Waals surface area contributed by atoms with Gasteiger partial charge in [0.05, 0.1) is 44.3 Å². The molecule has 33 heavy (non-hydrogen) atoms. The van der Waals surface area contributed by atoms with E-state index in [4.69, 9.17) is 21.7 Å². The van der Waals surface area contributed by atoms with Crippen LogP contribution in [0.1, 0.15) is 12.5 Å². The van der Waals surface area contributed by atoms with Crippen molar-refractivity contribution in [3.05, 3.63) is 59.9 Å². The van der Waals surface area contributed by atoms with Crippen molar-refractivity contribution >= 4 is 40.8 Å². The lowest BCUT2D eigenvalue weighted by Crippen LogP contribution is -2.34. The van der Waals surface area contributed by atoms with Crippen LogP contribution in [0.3, 0.4) is 0 Å². The number of rotatable bonds is 7. The summed E-state index contributed by atoms with van der Waals surface area (Å²) < 4.78 is 25.5. The average Bonchev–Trinajstić information content (AvgIpc) is 3.35. The summed E-state index contributed by atoms with van der Waals surface area (Å²) in [6.07, 6.45) is -0.997. The van der Waals surface area contributed by atoms with Gasteiger partial charge in [-0.05, 0) is 42.9 Å². The molecule has 0 spiro atoms. The Morgan fingerprint density at radius 1 is 1.24 bits per heavy atom. The molecule has 2 saturated heterocycles. The van der Waals surface area contributed by atoms with Crippen LogP contribution in [-0.4, -0.2) is 61.1 Å². The lowest BCUT2D eigenvalue weighted by molar-refractivity contribution is -0.127. The fourth-order valence-electron chi connectivity index (χ4n) is 3.84. The number of carbonyl (C=O) groups excluding carboxylic acids is 2. The number of thiocarbonyl (C=S) groups is 1. The molecule has 2 amide bonds. The summed E-state index contributed by atoms with van der Waals surface area (Å²) in [6, 6.07) is 14.2. The minimum absolute atomic E-state index is 0.0641. The number of amides is 2. The van der Waals surface area contributed by atoms with Crippen LogP contribution in [0.5, 0.6) is 0 Å². The molecular weight excluding hydrogens is 447 g/mol. The molecule has 2 heterocycles. The summed E-state index contributed by atoms with van der Waals surface area (Å²) in [5.74, 6) is -0.570. The molecule has 1 N–H and O–H groups in total. The highest BCUT2D eigenvalue weighted by Crippen LogP contribution is 2.29. The van der Waals surface area contributed by atoms with Crippen molar-refractivity contribution in [1.82, 2.24) is 10.2 Å². The predicted octanol–water partition coefficient (Wildman–Crippen LogP) is 2.87. The van der Waals surface area contributed by atoms with Gasteiger partial charge in [0.1, 0.15) is 11.9 Å². The van der Waals surface area contributed by atoms with Crippen molar-refractivity contribution in [1.29, 1.82) is 0 Å². The molecule has 2 aliphatic heterocycles. The molecule has 10 heteroatoms. The standard InChI is InChI=1S/C23H25FN4O4S/c1-2-31-22(33)25-11-18-13-28(23(30)32-18)17-8-9-20(19(24)10-17)26-14-21(29)27(15-26)12-16-6-4-3-5-7-16/h3-10,18H,2,11-15H2,1H3,(H,25,33). The van der Waals surface area contributed by atoms with E-state index in [0.717, 1.165) is 5.56 Å². The third-order valence-electron chi connectivity index (χ3n) is 5.44. The predicted molar refractivity (Wildman–Crippen MR) is 125 cm³/mol. The van der Waals surface area contributed by atoms with Gasteiger partial charge in [-0.15, -0.1) is 0 Å². The van der Waals surface area contributed by atoms with E-state index in [1.165, 1.54) is 11.0 Å². The number of benzene rings is 2. The molecule has 2 fully saturated rings. The van der Waals surface area contributed by atoms with Crippen LogP contribution in [0, 0.1) is 5.82 Å². The fourth-order valence-corrected chi connectivity index (χ4v) is 4.04. The molecule has 1 atom stereocenters. The molecule has 0 radical (unpaired) electrons. The first-order valence-corrected chi connectivity index (χ1v) is 11.1. The summed E-state index contributed by atoms with van der Waals surface area (Å²) in [5, 5.41) is 3.13. The molecule has 0 aliphatic carbocycles. The van der Waals surface area contributed by atoms with Gasteiger partial charge in [0.2, 0.25) is 5.91 Å². The number of nitrogens with one attached hydrogen (secondary N) is 1. The van der Waals surface area contributed by atoms with Crippen molar-refractivity contribution in [2.45, 2.75) is 19.6 Å². The van der Waals surface area contributed by atoms with Crippen LogP contribution in [0.25, 0.3) is 0 Å². The van der Waals surface area contributed by atoms with Gasteiger partial charge >= 0.3 is 6.09 Å². The van der Waals surface area contributed by atoms with Gasteiger partial charge in [0, 0.05) is 6.54 Å². The molecule has 174 valence electrons. The SMILES string of the molecule is CCOC(=S)NCC1CN(c2ccc(N3CC(=O)N(Cc4ccccc4)C3)c(F)c2)C(=O)O1. The third kappa shape index (κ3) is 5.33. The first-order chi connectivity index (χ1) is 15.9. The van der Waals surface area contributed by atoms with E-state index in [-0.39, 0.29) is 24.2 Å². The largest absolute Gasteiger partial charge is 0.471 e. The number of carbonyl (C=O) groups is 2. The minimum Gasteiger partial charge on any atom is -0.471 e. The monoisotopic (exact) mass is 472 g/mol. The van der Waals surface area contributed by atoms with Crippen LogP contribution >= 0.6 is 12.2 Å². The van der Waals surface area contributed by atoms with Gasteiger partial charge in [-0.25, -0.2) is 9.18 Å². The number of ether oxygens (including phenoxy) is 2. The van der Waals surface area contributed by atoms with Crippen molar-refractivity contribution < 1.29 is 23.5 Å². The number of hydrogen-bond acceptors (Lipinski definition) is 6. The summed E-state index contributed by atoms with van der Waals surface area (Å²) in [5.41, 5.74) is 1.72. The Balaban J connectivity index is 1.38. The molecule has 2 aromatic carbocycles. The Bertz CT molecular complexity index is 1040. The summed E-state index contributed by atoms with van der Waals surface area (Å²) >= 11 is 5.01. The maximum absolute atomic E-state index is 15.0. The zero-order valence-corrected chi connectivity index (χ0v) is 19.0. The van der Waals surface area contributed by atoms with Crippen LogP contribution in [0.15, 0.2) is 48.5 Å². The molecule has 1 unspecified atom stereocenters. The number of anilines is 2. The Kier molecular flexibility index (Phi) is 6.93. The van der Waals surface area contributed by atoms with Gasteiger partial charge in [0.15, 0.2) is 0 Å². The molecule has 4 rings (SSSR count). The molecular formula is C23H25FN4O4S. The van der Waals surface area contributed by atoms with Gasteiger partial charge in [-0.3, -0.25) is 9.69 Å². The highest BCUT2D eigenvalue weighted by Gasteiger charge is 2.34. The smallest absolute Gasteiger partial charge is 0.414 e. The fraction of sp³-hybridized carbons (Fsp3) is 0.348. The zero-order valence-electron chi connectivity index (χ0n) is 18.2. The maximum Gasteiger partial charge on any atom is 0.414 e. The zero-order chi connectivity index (χ0) is 23.4. The number of halogens is 1. The quantitative estimate of drug-likeness (QED) is 0.621. The number of cyclic esters (lactones) is 1. The molecule has 0 bridgehead atoms. The van der Waals surface area contributed by atoms with Crippen molar-refractivity contribution in [2.24, 2.45) is 0 Å². The van der Waals surface area contributed by atoms with E-state index in [2.05, 4.69) is 5.32 Å². The van der Waals surface area contributed by atoms with Gasteiger partial charge < -0.3 is 24.6 Å². The maximum atomic E-state index is 15.0. The Morgan fingerprint density at radius 3 is 2.76 bits per heavy atom. The Hall–Kier alpha value is -3.40. The van der Waals surface area contributed by atoms with Crippen molar-refractivity contribution in [3.8, 4) is 0 Å². The second-order valence-electron chi connectivity index (χ2n) is 7.77. The first-order valence-electron chi connectivity index (χ1n) is 10.7. The van der Waals surface area contributed by atoms with Crippen molar-refractivity contribution in [2.75, 3.05) is 42.7 Å². The lowest BCUT2D eigenvalue weighted by Gasteiger charge is -2.21. The van der Waals surface area contributed by atoms with Crippen LogP contribution in [0.4, 0.5) is 20.6 Å². The highest BCUT2D eigenvalue weighted by atomic mass is 32.1. The van der Waals surface area contributed by atoms with Crippen molar-refractivity contribution in [3.63, 3.8) is 0 Å². The topological polar surface area (TPSA) is 74.4 Å². The number of nitrogens with zero attached hydrogens (tertiary/aromatic N) is 3. The number of hydrogen-bond donors (Lipinski definition) is 1. The van der Waals surface area contributed by atoms with Crippen LogP contribution in [-0.2, 0) is 20.8 Å². The first kappa shape index (κ1) is 22.8. The van der Waals surface area contributed by atoms with E-state index in [1.807, 2.05) is 37.3 Å². The molecule has 0 aromatic heterocycles. The summed E-state index contributed by atoms with van der Waals surface area (Å²) in [4.78, 5) is 29.5. The molecule has 0 saturated carbocycles. The normalized spacial score (nSPS) is 18.0. The van der Waals surface area contributed by atoms with E-state index in [9.17, 15) is 9.59 Å². The van der Waals surface area contributed by atoms with Gasteiger partial charge in [-0.1, -0.05) is 30.3 Å². The van der Waals surface area contributed by atoms with E-state index < -0.39 is 18.0 Å². The van der Waals surface area contributed by atoms with Crippen LogP contribution in [0.2, 0.25) is 0 Å². The summed E-state index contributed by atoms with van der Waals surface area (Å²) in [7, 11) is 0. The van der Waals surface area contributed by atoms with Gasteiger partial charge in [-0.2, -0.15) is 0 Å². The minimum atomic E-state index is -0.554. The summed E-state index contributed by atoms with van der Waals surface area (Å²) in [6.45, 7) is 3.69. The molecule has 2 aromatic rings. The molecule has 2 aliphatic rings. The average molecular weight is 473 g/mol. The second kappa shape index (κ2) is 10.0.